The van der Waals surface area contributed by atoms with Gasteiger partial charge in [-0.3, -0.25) is 9.59 Å². The lowest BCUT2D eigenvalue weighted by Gasteiger charge is -2.40. The number of aliphatic hydroxyl groups is 1. The van der Waals surface area contributed by atoms with E-state index in [1.807, 2.05) is 24.3 Å². The molecule has 3 atom stereocenters. The number of ketones is 1. The van der Waals surface area contributed by atoms with E-state index < -0.39 is 35.6 Å². The highest BCUT2D eigenvalue weighted by molar-refractivity contribution is 9.10. The summed E-state index contributed by atoms with van der Waals surface area (Å²) in [5.74, 6) is -1.10. The summed E-state index contributed by atoms with van der Waals surface area (Å²) in [6, 6.07) is 11.7. The summed E-state index contributed by atoms with van der Waals surface area (Å²) < 4.78 is 30.3. The van der Waals surface area contributed by atoms with Crippen LogP contribution < -0.4 is 10.6 Å². The van der Waals surface area contributed by atoms with Crippen molar-refractivity contribution in [2.45, 2.75) is 56.5 Å². The summed E-state index contributed by atoms with van der Waals surface area (Å²) in [6.45, 7) is 1.16. The van der Waals surface area contributed by atoms with E-state index in [0.29, 0.717) is 25.7 Å². The van der Waals surface area contributed by atoms with Crippen molar-refractivity contribution in [3.05, 3.63) is 69.9 Å². The second kappa shape index (κ2) is 10.6. The van der Waals surface area contributed by atoms with Gasteiger partial charge in [-0.2, -0.15) is 0 Å². The van der Waals surface area contributed by atoms with Gasteiger partial charge in [0.25, 0.3) is 0 Å². The lowest BCUT2D eigenvalue weighted by atomic mass is 9.76. The van der Waals surface area contributed by atoms with Gasteiger partial charge < -0.3 is 15.7 Å². The Kier molecular flexibility index (Phi) is 8.14. The maximum atomic E-state index is 15.3. The second-order valence-corrected chi connectivity index (χ2v) is 9.14. The van der Waals surface area contributed by atoms with E-state index in [0.717, 1.165) is 16.1 Å². The van der Waals surface area contributed by atoms with Crippen molar-refractivity contribution in [2.75, 3.05) is 6.54 Å². The number of halogens is 3. The Labute approximate surface area is 194 Å². The summed E-state index contributed by atoms with van der Waals surface area (Å²) in [6.07, 6.45) is -1.42. The number of carbonyl (C=O) groups excluding carboxylic acids is 2. The molecule has 3 rings (SSSR count). The van der Waals surface area contributed by atoms with E-state index in [1.165, 1.54) is 25.1 Å². The molecule has 3 unspecified atom stereocenters. The van der Waals surface area contributed by atoms with Crippen molar-refractivity contribution in [3.8, 4) is 0 Å². The molecule has 172 valence electrons. The molecule has 1 aliphatic carbocycles. The minimum Gasteiger partial charge on any atom is -0.390 e. The Bertz CT molecular complexity index is 962. The minimum absolute atomic E-state index is 0.0550. The van der Waals surface area contributed by atoms with Crippen LogP contribution in [0.3, 0.4) is 0 Å². The van der Waals surface area contributed by atoms with Crippen molar-refractivity contribution >= 4 is 27.6 Å². The molecule has 0 heterocycles. The van der Waals surface area contributed by atoms with Gasteiger partial charge in [0, 0.05) is 41.9 Å². The summed E-state index contributed by atoms with van der Waals surface area (Å²) in [5, 5.41) is 16.6. The molecule has 2 aromatic carbocycles. The van der Waals surface area contributed by atoms with Crippen LogP contribution >= 0.6 is 15.9 Å². The Morgan fingerprint density at radius 2 is 1.88 bits per heavy atom. The first kappa shape index (κ1) is 24.5. The van der Waals surface area contributed by atoms with Crippen molar-refractivity contribution in [1.29, 1.82) is 0 Å². The molecule has 1 amide bonds. The van der Waals surface area contributed by atoms with Crippen molar-refractivity contribution < 1.29 is 23.5 Å². The minimum atomic E-state index is -1.94. The Morgan fingerprint density at radius 3 is 2.50 bits per heavy atom. The zero-order valence-electron chi connectivity index (χ0n) is 17.8. The maximum Gasteiger partial charge on any atom is 0.217 e. The number of hydrogen-bond donors (Lipinski definition) is 3. The normalized spacial score (nSPS) is 18.6. The fourth-order valence-corrected chi connectivity index (χ4v) is 4.63. The molecule has 32 heavy (non-hydrogen) atoms. The van der Waals surface area contributed by atoms with E-state index in [4.69, 9.17) is 0 Å². The summed E-state index contributed by atoms with van der Waals surface area (Å²) in [4.78, 5) is 23.6. The average molecular weight is 509 g/mol. The molecule has 8 heteroatoms. The molecule has 2 aromatic rings. The van der Waals surface area contributed by atoms with E-state index in [2.05, 4.69) is 26.6 Å². The number of carbonyl (C=O) groups is 2. The molecule has 0 saturated heterocycles. The van der Waals surface area contributed by atoms with Gasteiger partial charge in [-0.25, -0.2) is 8.78 Å². The monoisotopic (exact) mass is 508 g/mol. The number of aliphatic hydroxyl groups excluding tert-OH is 1. The quantitative estimate of drug-likeness (QED) is 0.501. The fourth-order valence-electron chi connectivity index (χ4n) is 4.23. The third-order valence-corrected chi connectivity index (χ3v) is 6.48. The van der Waals surface area contributed by atoms with Crippen molar-refractivity contribution in [2.24, 2.45) is 0 Å². The van der Waals surface area contributed by atoms with Crippen LogP contribution in [0.1, 0.15) is 49.9 Å². The number of rotatable bonds is 8. The van der Waals surface area contributed by atoms with Gasteiger partial charge in [0.2, 0.25) is 5.91 Å². The predicted molar refractivity (Wildman–Crippen MR) is 121 cm³/mol. The van der Waals surface area contributed by atoms with Gasteiger partial charge in [0.05, 0.1) is 12.1 Å². The third-order valence-electron chi connectivity index (χ3n) is 5.99. The number of nitrogens with one attached hydrogen (secondary N) is 2. The van der Waals surface area contributed by atoms with Crippen LogP contribution in [-0.2, 0) is 15.1 Å². The molecule has 5 nitrogen and oxygen atoms in total. The molecule has 0 aromatic heterocycles. The first-order valence-corrected chi connectivity index (χ1v) is 11.4. The average Bonchev–Trinajstić information content (AvgIpc) is 2.77. The highest BCUT2D eigenvalue weighted by Crippen LogP contribution is 2.37. The molecular formula is C24H27BrF2N2O3. The van der Waals surface area contributed by atoms with Gasteiger partial charge in [-0.1, -0.05) is 46.3 Å². The van der Waals surface area contributed by atoms with Crippen LogP contribution in [0.15, 0.2) is 53.0 Å². The standard InChI is InChI=1S/C24H27BrF2N2O3/c1-15(30)29-23(22(27)19-7-2-3-8-20(19)26)21(32)14-28-24(11-9-18(31)10-12-24)16-5-4-6-17(25)13-16/h2-8,13,21-23,28,32H,9-12,14H2,1H3,(H,29,30). The van der Waals surface area contributed by atoms with Crippen LogP contribution in [0.4, 0.5) is 8.78 Å². The van der Waals surface area contributed by atoms with Gasteiger partial charge in [0.1, 0.15) is 11.6 Å². The highest BCUT2D eigenvalue weighted by Gasteiger charge is 2.38. The summed E-state index contributed by atoms with van der Waals surface area (Å²) in [5.41, 5.74) is 0.146. The Balaban J connectivity index is 1.82. The van der Waals surface area contributed by atoms with Crippen LogP contribution in [0, 0.1) is 5.82 Å². The fraction of sp³-hybridized carbons (Fsp3) is 0.417. The molecular weight excluding hydrogens is 482 g/mol. The van der Waals surface area contributed by atoms with Crippen LogP contribution in [-0.4, -0.2) is 35.5 Å². The number of benzene rings is 2. The summed E-state index contributed by atoms with van der Waals surface area (Å²) in [7, 11) is 0. The molecule has 0 spiro atoms. The largest absolute Gasteiger partial charge is 0.390 e. The number of Topliss-reactive ketones (excluding diaryl/α,β-unsaturated/α-hetero) is 1. The molecule has 3 N–H and O–H groups in total. The van der Waals surface area contributed by atoms with E-state index in [-0.39, 0.29) is 17.9 Å². The zero-order chi connectivity index (χ0) is 23.3. The summed E-state index contributed by atoms with van der Waals surface area (Å²) >= 11 is 3.47. The lowest BCUT2D eigenvalue weighted by Crippen LogP contribution is -2.54. The highest BCUT2D eigenvalue weighted by atomic mass is 79.9. The predicted octanol–water partition coefficient (Wildman–Crippen LogP) is 4.09. The molecule has 1 fully saturated rings. The first-order valence-electron chi connectivity index (χ1n) is 10.6. The van der Waals surface area contributed by atoms with Crippen molar-refractivity contribution in [3.63, 3.8) is 0 Å². The Morgan fingerprint density at radius 1 is 1.19 bits per heavy atom. The van der Waals surface area contributed by atoms with Gasteiger partial charge in [-0.15, -0.1) is 0 Å². The zero-order valence-corrected chi connectivity index (χ0v) is 19.4. The van der Waals surface area contributed by atoms with E-state index in [9.17, 15) is 19.1 Å². The number of hydrogen-bond acceptors (Lipinski definition) is 4. The van der Waals surface area contributed by atoms with Crippen molar-refractivity contribution in [1.82, 2.24) is 10.6 Å². The number of amides is 1. The SMILES string of the molecule is CC(=O)NC(C(O)CNC1(c2cccc(Br)c2)CCC(=O)CC1)C(F)c1ccccc1F. The van der Waals surface area contributed by atoms with Crippen LogP contribution in [0.5, 0.6) is 0 Å². The molecule has 0 bridgehead atoms. The van der Waals surface area contributed by atoms with Gasteiger partial charge in [0.15, 0.2) is 6.17 Å². The number of alkyl halides is 1. The smallest absolute Gasteiger partial charge is 0.217 e. The lowest BCUT2D eigenvalue weighted by molar-refractivity contribution is -0.122. The van der Waals surface area contributed by atoms with Gasteiger partial charge in [-0.05, 0) is 36.6 Å². The van der Waals surface area contributed by atoms with E-state index >= 15 is 4.39 Å². The van der Waals surface area contributed by atoms with Gasteiger partial charge >= 0.3 is 0 Å². The molecule has 1 saturated carbocycles. The third kappa shape index (κ3) is 5.79. The molecule has 0 radical (unpaired) electrons. The second-order valence-electron chi connectivity index (χ2n) is 8.23. The maximum absolute atomic E-state index is 15.3. The first-order chi connectivity index (χ1) is 15.2. The van der Waals surface area contributed by atoms with Crippen LogP contribution in [0.25, 0.3) is 0 Å². The molecule has 0 aliphatic heterocycles. The van der Waals surface area contributed by atoms with E-state index in [1.54, 1.807) is 0 Å². The Hall–Kier alpha value is -2.16. The van der Waals surface area contributed by atoms with Crippen LogP contribution in [0.2, 0.25) is 0 Å². The molecule has 1 aliphatic rings. The topological polar surface area (TPSA) is 78.4 Å².